The standard InChI is InChI=1S/C42H42N4O/c1-26(2)27-21-28(23-29(22-27)35-18-14-20-37(43-9)44-35)32-17-13-19-36-38(32)45-40(46(36)31-15-11-10-12-16-31)33-24-30(41(3,4)5)25-34(39(33)47)42(6,7)8/h10-26,47H,1-8H3/i26D. The Morgan fingerprint density at radius 1 is 0.766 bits per heavy atom. The van der Waals surface area contributed by atoms with E-state index in [1.165, 1.54) is 0 Å². The lowest BCUT2D eigenvalue weighted by Crippen LogP contribution is -2.17. The highest BCUT2D eigenvalue weighted by molar-refractivity contribution is 5.97. The number of para-hydroxylation sites is 2. The summed E-state index contributed by atoms with van der Waals surface area (Å²) < 4.78 is 11.1. The van der Waals surface area contributed by atoms with Crippen LogP contribution < -0.4 is 0 Å². The number of imidazole rings is 1. The van der Waals surface area contributed by atoms with E-state index < -0.39 is 5.89 Å². The quantitative estimate of drug-likeness (QED) is 0.195. The van der Waals surface area contributed by atoms with Crippen molar-refractivity contribution >= 4 is 16.9 Å². The molecule has 0 fully saturated rings. The van der Waals surface area contributed by atoms with Gasteiger partial charge >= 0.3 is 0 Å². The Kier molecular flexibility index (Phi) is 7.68. The molecule has 2 heterocycles. The summed E-state index contributed by atoms with van der Waals surface area (Å²) in [7, 11) is 0. The first-order valence-electron chi connectivity index (χ1n) is 16.5. The highest BCUT2D eigenvalue weighted by atomic mass is 16.3. The number of fused-ring (bicyclic) bond motifs is 1. The SMILES string of the molecule is [2H]C(C)(C)c1cc(-c2cccc([N+]#[C-])n2)cc(-c2cccc3c2nc(-c2cc(C(C)(C)C)cc(C(C)(C)C)c2O)n3-c2ccccc2)c1. The Morgan fingerprint density at radius 3 is 2.13 bits per heavy atom. The molecule has 0 aliphatic heterocycles. The summed E-state index contributed by atoms with van der Waals surface area (Å²) in [5.41, 5.74) is 8.98. The van der Waals surface area contributed by atoms with Crippen molar-refractivity contribution in [3.8, 4) is 45.2 Å². The monoisotopic (exact) mass is 619 g/mol. The molecule has 0 bridgehead atoms. The first-order valence-corrected chi connectivity index (χ1v) is 16.0. The molecule has 0 atom stereocenters. The number of hydrogen-bond donors (Lipinski definition) is 1. The average molecular weight is 620 g/mol. The summed E-state index contributed by atoms with van der Waals surface area (Å²) >= 11 is 0. The molecular weight excluding hydrogens is 576 g/mol. The molecule has 5 nitrogen and oxygen atoms in total. The molecule has 0 amide bonds. The van der Waals surface area contributed by atoms with Gasteiger partial charge in [0.1, 0.15) is 11.6 Å². The van der Waals surface area contributed by atoms with E-state index in [1.807, 2.05) is 56.3 Å². The van der Waals surface area contributed by atoms with Gasteiger partial charge in [0.25, 0.3) is 5.82 Å². The van der Waals surface area contributed by atoms with Gasteiger partial charge in [0.05, 0.1) is 16.6 Å². The van der Waals surface area contributed by atoms with Crippen LogP contribution in [0.5, 0.6) is 5.75 Å². The zero-order chi connectivity index (χ0) is 34.6. The number of phenols is 1. The maximum atomic E-state index is 12.0. The van der Waals surface area contributed by atoms with Gasteiger partial charge in [-0.1, -0.05) is 110 Å². The van der Waals surface area contributed by atoms with Crippen LogP contribution in [0.25, 0.3) is 55.3 Å². The van der Waals surface area contributed by atoms with Gasteiger partial charge in [-0.05, 0) is 81.9 Å². The van der Waals surface area contributed by atoms with Crippen molar-refractivity contribution in [2.45, 2.75) is 72.1 Å². The molecule has 0 spiro atoms. The van der Waals surface area contributed by atoms with Crippen LogP contribution >= 0.6 is 0 Å². The minimum absolute atomic E-state index is 0.157. The highest BCUT2D eigenvalue weighted by Gasteiger charge is 2.28. The van der Waals surface area contributed by atoms with Crippen LogP contribution in [0.2, 0.25) is 0 Å². The molecule has 0 saturated heterocycles. The van der Waals surface area contributed by atoms with Crippen molar-refractivity contribution in [2.24, 2.45) is 0 Å². The molecule has 0 radical (unpaired) electrons. The van der Waals surface area contributed by atoms with E-state index in [0.29, 0.717) is 22.9 Å². The van der Waals surface area contributed by atoms with E-state index in [-0.39, 0.29) is 16.6 Å². The van der Waals surface area contributed by atoms with Crippen molar-refractivity contribution in [2.75, 3.05) is 0 Å². The largest absolute Gasteiger partial charge is 0.507 e. The molecular formula is C42H42N4O. The van der Waals surface area contributed by atoms with E-state index in [4.69, 9.17) is 12.9 Å². The van der Waals surface area contributed by atoms with Crippen molar-refractivity contribution in [1.82, 2.24) is 14.5 Å². The third-order valence-corrected chi connectivity index (χ3v) is 8.69. The average Bonchev–Trinajstić information content (AvgIpc) is 3.43. The third-order valence-electron chi connectivity index (χ3n) is 8.69. The molecule has 0 aliphatic rings. The highest BCUT2D eigenvalue weighted by Crippen LogP contribution is 2.44. The van der Waals surface area contributed by atoms with Gasteiger partial charge in [0.2, 0.25) is 0 Å². The second kappa shape index (κ2) is 11.9. The Morgan fingerprint density at radius 2 is 1.47 bits per heavy atom. The van der Waals surface area contributed by atoms with Crippen molar-refractivity contribution in [1.29, 1.82) is 0 Å². The minimum Gasteiger partial charge on any atom is -0.507 e. The van der Waals surface area contributed by atoms with Crippen LogP contribution in [-0.2, 0) is 10.8 Å². The second-order valence-electron chi connectivity index (χ2n) is 14.5. The molecule has 6 rings (SSSR count). The van der Waals surface area contributed by atoms with Crippen LogP contribution in [0.3, 0.4) is 0 Å². The Labute approximate surface area is 279 Å². The normalized spacial score (nSPS) is 12.6. The zero-order valence-corrected chi connectivity index (χ0v) is 28.5. The summed E-state index contributed by atoms with van der Waals surface area (Å²) in [6, 6.07) is 32.1. The van der Waals surface area contributed by atoms with E-state index in [1.54, 1.807) is 6.07 Å². The number of rotatable bonds is 5. The maximum Gasteiger partial charge on any atom is 0.270 e. The number of aromatic nitrogens is 3. The molecule has 47 heavy (non-hydrogen) atoms. The zero-order valence-electron chi connectivity index (χ0n) is 29.5. The summed E-state index contributed by atoms with van der Waals surface area (Å²) in [4.78, 5) is 13.5. The summed E-state index contributed by atoms with van der Waals surface area (Å²) in [5, 5.41) is 12.0. The number of nitrogens with zero attached hydrogens (tertiary/aromatic N) is 4. The predicted octanol–water partition coefficient (Wildman–Crippen LogP) is 11.4. The van der Waals surface area contributed by atoms with Gasteiger partial charge in [-0.25, -0.2) is 4.98 Å². The van der Waals surface area contributed by atoms with Crippen molar-refractivity contribution in [3.63, 3.8) is 0 Å². The molecule has 0 unspecified atom stereocenters. The van der Waals surface area contributed by atoms with Gasteiger partial charge in [0.15, 0.2) is 5.69 Å². The first-order chi connectivity index (χ1) is 22.6. The van der Waals surface area contributed by atoms with Crippen molar-refractivity contribution in [3.05, 3.63) is 125 Å². The Hall–Kier alpha value is -5.21. The van der Waals surface area contributed by atoms with E-state index in [9.17, 15) is 5.11 Å². The molecule has 0 aliphatic carbocycles. The van der Waals surface area contributed by atoms with Crippen LogP contribution in [0, 0.1) is 6.57 Å². The fourth-order valence-corrected chi connectivity index (χ4v) is 6.03. The van der Waals surface area contributed by atoms with Gasteiger partial charge in [-0.3, -0.25) is 4.57 Å². The molecule has 1 N–H and O–H groups in total. The van der Waals surface area contributed by atoms with Crippen LogP contribution in [-0.4, -0.2) is 19.6 Å². The van der Waals surface area contributed by atoms with Crippen LogP contribution in [0.15, 0.2) is 97.1 Å². The second-order valence-corrected chi connectivity index (χ2v) is 14.5. The molecule has 6 aromatic rings. The first kappa shape index (κ1) is 30.4. The van der Waals surface area contributed by atoms with Gasteiger partial charge in [-0.15, -0.1) is 4.98 Å². The smallest absolute Gasteiger partial charge is 0.270 e. The third kappa shape index (κ3) is 6.04. The minimum atomic E-state index is -0.882. The van der Waals surface area contributed by atoms with Crippen LogP contribution in [0.4, 0.5) is 5.82 Å². The van der Waals surface area contributed by atoms with Crippen LogP contribution in [0.1, 0.15) is 79.3 Å². The van der Waals surface area contributed by atoms with E-state index in [2.05, 4.69) is 104 Å². The molecule has 2 aromatic heterocycles. The number of pyridine rings is 1. The fourth-order valence-electron chi connectivity index (χ4n) is 6.03. The predicted molar refractivity (Wildman–Crippen MR) is 195 cm³/mol. The fraction of sp³-hybridized carbons (Fsp3) is 0.262. The maximum absolute atomic E-state index is 12.0. The van der Waals surface area contributed by atoms with Crippen molar-refractivity contribution < 1.29 is 6.48 Å². The molecule has 236 valence electrons. The molecule has 4 aromatic carbocycles. The number of hydrogen-bond acceptors (Lipinski definition) is 3. The number of aromatic hydroxyl groups is 1. The van der Waals surface area contributed by atoms with E-state index >= 15 is 0 Å². The lowest BCUT2D eigenvalue weighted by atomic mass is 9.79. The topological polar surface area (TPSA) is 55.3 Å². The summed E-state index contributed by atoms with van der Waals surface area (Å²) in [5.74, 6) is 0.328. The van der Waals surface area contributed by atoms with Gasteiger partial charge < -0.3 is 9.95 Å². The van der Waals surface area contributed by atoms with Gasteiger partial charge in [0, 0.05) is 23.7 Å². The summed E-state index contributed by atoms with van der Waals surface area (Å²) in [6.45, 7) is 24.2. The number of phenolic OH excluding ortho intramolecular Hbond substituents is 1. The molecule has 0 saturated carbocycles. The van der Waals surface area contributed by atoms with Gasteiger partial charge in [-0.2, -0.15) is 0 Å². The lowest BCUT2D eigenvalue weighted by molar-refractivity contribution is 0.446. The Bertz CT molecular complexity index is 2200. The lowest BCUT2D eigenvalue weighted by Gasteiger charge is -2.27. The number of benzene rings is 4. The summed E-state index contributed by atoms with van der Waals surface area (Å²) in [6.07, 6.45) is 0. The molecule has 5 heteroatoms. The van der Waals surface area contributed by atoms with E-state index in [0.717, 1.165) is 50.1 Å². The Balaban J connectivity index is 1.70.